The molecule has 14 heavy (non-hydrogen) atoms. The maximum Gasteiger partial charge on any atom is 0.179 e. The SMILES string of the molecule is CC(C)N1CC[C@@H](c2nnn(C)n2)C1. The molecule has 1 fully saturated rings. The molecule has 0 aromatic carbocycles. The van der Waals surface area contributed by atoms with E-state index < -0.39 is 0 Å². The molecule has 1 aliphatic rings. The topological polar surface area (TPSA) is 46.8 Å². The number of hydrogen-bond acceptors (Lipinski definition) is 4. The maximum atomic E-state index is 4.25. The van der Waals surface area contributed by atoms with Crippen LogP contribution in [0.1, 0.15) is 32.0 Å². The third-order valence-corrected chi connectivity index (χ3v) is 2.84. The second kappa shape index (κ2) is 3.65. The van der Waals surface area contributed by atoms with Gasteiger partial charge in [0.2, 0.25) is 0 Å². The zero-order valence-corrected chi connectivity index (χ0v) is 9.01. The minimum absolute atomic E-state index is 0.478. The van der Waals surface area contributed by atoms with Crippen LogP contribution in [-0.2, 0) is 7.05 Å². The van der Waals surface area contributed by atoms with Crippen LogP contribution in [0.4, 0.5) is 0 Å². The van der Waals surface area contributed by atoms with Crippen molar-refractivity contribution in [3.63, 3.8) is 0 Å². The van der Waals surface area contributed by atoms with E-state index in [1.54, 1.807) is 0 Å². The Hall–Kier alpha value is -0.970. The first kappa shape index (κ1) is 9.58. The van der Waals surface area contributed by atoms with E-state index in [-0.39, 0.29) is 0 Å². The van der Waals surface area contributed by atoms with Gasteiger partial charge in [-0.3, -0.25) is 0 Å². The highest BCUT2D eigenvalue weighted by atomic mass is 15.6. The van der Waals surface area contributed by atoms with Gasteiger partial charge in [0, 0.05) is 18.5 Å². The van der Waals surface area contributed by atoms with Crippen molar-refractivity contribution in [3.05, 3.63) is 5.82 Å². The molecule has 0 saturated carbocycles. The van der Waals surface area contributed by atoms with Gasteiger partial charge in [0.1, 0.15) is 0 Å². The third-order valence-electron chi connectivity index (χ3n) is 2.84. The summed E-state index contributed by atoms with van der Waals surface area (Å²) in [5, 5.41) is 12.2. The minimum Gasteiger partial charge on any atom is -0.300 e. The monoisotopic (exact) mass is 195 g/mol. The fourth-order valence-corrected chi connectivity index (χ4v) is 1.93. The van der Waals surface area contributed by atoms with E-state index in [1.807, 2.05) is 7.05 Å². The Balaban J connectivity index is 2.02. The van der Waals surface area contributed by atoms with Gasteiger partial charge in [0.15, 0.2) is 5.82 Å². The average Bonchev–Trinajstić information content (AvgIpc) is 2.70. The highest BCUT2D eigenvalue weighted by Gasteiger charge is 2.28. The molecule has 1 atom stereocenters. The number of hydrogen-bond donors (Lipinski definition) is 0. The van der Waals surface area contributed by atoms with Gasteiger partial charge in [-0.25, -0.2) is 0 Å². The predicted molar refractivity (Wildman–Crippen MR) is 52.9 cm³/mol. The van der Waals surface area contributed by atoms with Gasteiger partial charge in [0.25, 0.3) is 0 Å². The molecule has 1 aromatic heterocycles. The van der Waals surface area contributed by atoms with E-state index in [4.69, 9.17) is 0 Å². The summed E-state index contributed by atoms with van der Waals surface area (Å²) >= 11 is 0. The lowest BCUT2D eigenvalue weighted by Crippen LogP contribution is -2.28. The molecule has 78 valence electrons. The van der Waals surface area contributed by atoms with E-state index in [9.17, 15) is 0 Å². The summed E-state index contributed by atoms with van der Waals surface area (Å²) in [4.78, 5) is 3.99. The molecule has 2 rings (SSSR count). The highest BCUT2D eigenvalue weighted by Crippen LogP contribution is 2.25. The van der Waals surface area contributed by atoms with Crippen molar-refractivity contribution in [1.82, 2.24) is 25.1 Å². The zero-order chi connectivity index (χ0) is 10.1. The van der Waals surface area contributed by atoms with Gasteiger partial charge in [-0.15, -0.1) is 10.2 Å². The molecule has 0 amide bonds. The number of rotatable bonds is 2. The van der Waals surface area contributed by atoms with Crippen LogP contribution in [0.5, 0.6) is 0 Å². The lowest BCUT2D eigenvalue weighted by atomic mass is 10.1. The van der Waals surface area contributed by atoms with Crippen LogP contribution < -0.4 is 0 Å². The molecule has 0 spiro atoms. The molecule has 5 heteroatoms. The van der Waals surface area contributed by atoms with Crippen molar-refractivity contribution in [2.75, 3.05) is 13.1 Å². The van der Waals surface area contributed by atoms with Crippen LogP contribution in [0.3, 0.4) is 0 Å². The Morgan fingerprint density at radius 1 is 1.43 bits per heavy atom. The first-order valence-corrected chi connectivity index (χ1v) is 5.14. The second-order valence-corrected chi connectivity index (χ2v) is 4.21. The van der Waals surface area contributed by atoms with Crippen molar-refractivity contribution in [2.24, 2.45) is 7.05 Å². The van der Waals surface area contributed by atoms with Crippen LogP contribution in [0, 0.1) is 0 Å². The van der Waals surface area contributed by atoms with Gasteiger partial charge >= 0.3 is 0 Å². The fraction of sp³-hybridized carbons (Fsp3) is 0.889. The summed E-state index contributed by atoms with van der Waals surface area (Å²) in [7, 11) is 1.81. The van der Waals surface area contributed by atoms with Crippen LogP contribution in [0.2, 0.25) is 0 Å². The number of likely N-dealkylation sites (tertiary alicyclic amines) is 1. The molecule has 0 unspecified atom stereocenters. The smallest absolute Gasteiger partial charge is 0.179 e. The van der Waals surface area contributed by atoms with E-state index in [0.29, 0.717) is 12.0 Å². The van der Waals surface area contributed by atoms with Crippen molar-refractivity contribution >= 4 is 0 Å². The number of nitrogens with zero attached hydrogens (tertiary/aromatic N) is 5. The van der Waals surface area contributed by atoms with Crippen molar-refractivity contribution in [2.45, 2.75) is 32.2 Å². The quantitative estimate of drug-likeness (QED) is 0.685. The van der Waals surface area contributed by atoms with Gasteiger partial charge in [-0.1, -0.05) is 0 Å². The number of aromatic nitrogens is 4. The normalized spacial score (nSPS) is 23.6. The molecule has 0 bridgehead atoms. The van der Waals surface area contributed by atoms with Gasteiger partial charge in [0.05, 0.1) is 7.05 Å². The molecule has 0 radical (unpaired) electrons. The van der Waals surface area contributed by atoms with Gasteiger partial charge in [-0.2, -0.15) is 4.80 Å². The Morgan fingerprint density at radius 2 is 2.21 bits per heavy atom. The molecule has 5 nitrogen and oxygen atoms in total. The summed E-state index contributed by atoms with van der Waals surface area (Å²) in [6.07, 6.45) is 1.16. The molecule has 2 heterocycles. The molecular weight excluding hydrogens is 178 g/mol. The fourth-order valence-electron chi connectivity index (χ4n) is 1.93. The van der Waals surface area contributed by atoms with E-state index >= 15 is 0 Å². The van der Waals surface area contributed by atoms with Gasteiger partial charge < -0.3 is 4.90 Å². The summed E-state index contributed by atoms with van der Waals surface area (Å²) in [6.45, 7) is 6.68. The summed E-state index contributed by atoms with van der Waals surface area (Å²) in [5.74, 6) is 1.38. The Kier molecular flexibility index (Phi) is 2.50. The standard InChI is InChI=1S/C9H17N5/c1-7(2)14-5-4-8(6-14)9-10-12-13(3)11-9/h7-8H,4-6H2,1-3H3/t8-/m1/s1. The molecule has 1 aromatic rings. The van der Waals surface area contributed by atoms with E-state index in [1.165, 1.54) is 4.80 Å². The highest BCUT2D eigenvalue weighted by molar-refractivity contribution is 4.97. The van der Waals surface area contributed by atoms with E-state index in [0.717, 1.165) is 25.3 Å². The second-order valence-electron chi connectivity index (χ2n) is 4.21. The first-order valence-electron chi connectivity index (χ1n) is 5.14. The summed E-state index contributed by atoms with van der Waals surface area (Å²) < 4.78 is 0. The van der Waals surface area contributed by atoms with Crippen molar-refractivity contribution in [3.8, 4) is 0 Å². The van der Waals surface area contributed by atoms with Crippen LogP contribution in [-0.4, -0.2) is 44.2 Å². The summed E-state index contributed by atoms with van der Waals surface area (Å²) in [5.41, 5.74) is 0. The molecular formula is C9H17N5. The number of aryl methyl sites for hydroxylation is 1. The van der Waals surface area contributed by atoms with Crippen LogP contribution >= 0.6 is 0 Å². The van der Waals surface area contributed by atoms with Crippen molar-refractivity contribution < 1.29 is 0 Å². The Bertz CT molecular complexity index is 306. The average molecular weight is 195 g/mol. The predicted octanol–water partition coefficient (Wildman–Crippen LogP) is 0.408. The van der Waals surface area contributed by atoms with Crippen LogP contribution in [0.15, 0.2) is 0 Å². The first-order chi connectivity index (χ1) is 6.66. The molecule has 0 aliphatic carbocycles. The zero-order valence-electron chi connectivity index (χ0n) is 9.01. The van der Waals surface area contributed by atoms with Crippen LogP contribution in [0.25, 0.3) is 0 Å². The molecule has 0 N–H and O–H groups in total. The van der Waals surface area contributed by atoms with E-state index in [2.05, 4.69) is 34.2 Å². The lowest BCUT2D eigenvalue weighted by Gasteiger charge is -2.19. The van der Waals surface area contributed by atoms with Crippen molar-refractivity contribution in [1.29, 1.82) is 0 Å². The lowest BCUT2D eigenvalue weighted by molar-refractivity contribution is 0.272. The largest absolute Gasteiger partial charge is 0.300 e. The molecule has 1 aliphatic heterocycles. The Morgan fingerprint density at radius 3 is 2.71 bits per heavy atom. The molecule has 1 saturated heterocycles. The third kappa shape index (κ3) is 1.77. The Labute approximate surface area is 84.1 Å². The minimum atomic E-state index is 0.478. The summed E-state index contributed by atoms with van der Waals surface area (Å²) in [6, 6.07) is 0.622. The maximum absolute atomic E-state index is 4.25. The van der Waals surface area contributed by atoms with Gasteiger partial charge in [-0.05, 0) is 32.0 Å². The number of tetrazole rings is 1.